The zero-order chi connectivity index (χ0) is 28.8. The summed E-state index contributed by atoms with van der Waals surface area (Å²) in [6.07, 6.45) is 1.76. The van der Waals surface area contributed by atoms with E-state index in [-0.39, 0.29) is 52.1 Å². The summed E-state index contributed by atoms with van der Waals surface area (Å²) in [5, 5.41) is 10.2. The number of carboxylic acids is 1. The smallest absolute Gasteiger partial charge is 0.337 e. The zero-order valence-corrected chi connectivity index (χ0v) is 23.7. The number of ether oxygens (including phenoxy) is 3. The summed E-state index contributed by atoms with van der Waals surface area (Å²) in [4.78, 5) is 29.1. The Hall–Kier alpha value is -3.53. The van der Waals surface area contributed by atoms with Crippen molar-refractivity contribution in [2.24, 2.45) is 0 Å². The van der Waals surface area contributed by atoms with Crippen molar-refractivity contribution in [1.82, 2.24) is 4.90 Å². The minimum Gasteiger partial charge on any atom is -0.494 e. The van der Waals surface area contributed by atoms with Gasteiger partial charge in [-0.05, 0) is 44.0 Å². The molecule has 6 rings (SSSR count). The number of carbonyl (C=O) groups excluding carboxylic acids is 1. The number of amides is 1. The fourth-order valence-corrected chi connectivity index (χ4v) is 6.58. The van der Waals surface area contributed by atoms with E-state index >= 15 is 4.39 Å². The van der Waals surface area contributed by atoms with Gasteiger partial charge in [-0.3, -0.25) is 4.79 Å². The van der Waals surface area contributed by atoms with Crippen LogP contribution in [0.15, 0.2) is 42.5 Å². The summed E-state index contributed by atoms with van der Waals surface area (Å²) in [6.45, 7) is 3.32. The number of halogens is 3. The highest BCUT2D eigenvalue weighted by atomic mass is 35.5. The van der Waals surface area contributed by atoms with Gasteiger partial charge in [-0.2, -0.15) is 0 Å². The van der Waals surface area contributed by atoms with E-state index in [2.05, 4.69) is 4.90 Å². The summed E-state index contributed by atoms with van der Waals surface area (Å²) in [5.41, 5.74) is 1.88. The fraction of sp³-hybridized carbons (Fsp3) is 0.333. The lowest BCUT2D eigenvalue weighted by molar-refractivity contribution is 0.0516. The van der Waals surface area contributed by atoms with Gasteiger partial charge in [0, 0.05) is 16.7 Å². The molecule has 1 N–H and O–H groups in total. The van der Waals surface area contributed by atoms with Crippen molar-refractivity contribution in [3.63, 3.8) is 0 Å². The standard InChI is InChI=1S/C30H27Cl2FN2O6/c1-2-40-19-8-23(31)27(24(32)9-19)29(36)34-12-16-4-3-5-20(28(16)41-15-34)21-11-26(22(30(37)38)10-25(21)33)35-17-6-7-18(35)14-39-13-17/h3-5,8-11,17-18H,2,6-7,12-15H2,1H3,(H,37,38). The number of rotatable bonds is 6. The van der Waals surface area contributed by atoms with E-state index < -0.39 is 17.7 Å². The van der Waals surface area contributed by atoms with Crippen LogP contribution in [0.2, 0.25) is 10.0 Å². The molecular formula is C30H27Cl2FN2O6. The summed E-state index contributed by atoms with van der Waals surface area (Å²) < 4.78 is 32.7. The number of fused-ring (bicyclic) bond motifs is 3. The second kappa shape index (κ2) is 11.0. The number of hydrogen-bond donors (Lipinski definition) is 1. The summed E-state index contributed by atoms with van der Waals surface area (Å²) in [7, 11) is 0. The highest BCUT2D eigenvalue weighted by Gasteiger charge is 2.40. The first kappa shape index (κ1) is 27.6. The van der Waals surface area contributed by atoms with Crippen molar-refractivity contribution in [3.05, 3.63) is 75.0 Å². The first-order valence-electron chi connectivity index (χ1n) is 13.4. The maximum atomic E-state index is 15.6. The lowest BCUT2D eigenvalue weighted by Crippen LogP contribution is -2.46. The number of nitrogens with zero attached hydrogens (tertiary/aromatic N) is 2. The van der Waals surface area contributed by atoms with Crippen molar-refractivity contribution < 1.29 is 33.3 Å². The Morgan fingerprint density at radius 1 is 1.07 bits per heavy atom. The van der Waals surface area contributed by atoms with Gasteiger partial charge < -0.3 is 29.1 Å². The maximum absolute atomic E-state index is 15.6. The van der Waals surface area contributed by atoms with E-state index in [1.54, 1.807) is 36.4 Å². The van der Waals surface area contributed by atoms with Gasteiger partial charge in [-0.1, -0.05) is 41.4 Å². The number of morpholine rings is 1. The third kappa shape index (κ3) is 4.96. The molecule has 0 aromatic heterocycles. The molecule has 41 heavy (non-hydrogen) atoms. The largest absolute Gasteiger partial charge is 0.494 e. The van der Waals surface area contributed by atoms with Crippen molar-refractivity contribution in [3.8, 4) is 22.6 Å². The third-order valence-electron chi connectivity index (χ3n) is 7.77. The lowest BCUT2D eigenvalue weighted by atomic mass is 9.96. The lowest BCUT2D eigenvalue weighted by Gasteiger charge is -2.37. The molecule has 3 aromatic carbocycles. The average molecular weight is 601 g/mol. The molecule has 0 radical (unpaired) electrons. The Morgan fingerprint density at radius 2 is 1.78 bits per heavy atom. The molecule has 214 valence electrons. The second-order valence-corrected chi connectivity index (χ2v) is 11.1. The van der Waals surface area contributed by atoms with Crippen LogP contribution in [0.3, 0.4) is 0 Å². The quantitative estimate of drug-likeness (QED) is 0.357. The molecule has 2 unspecified atom stereocenters. The number of carboxylic acid groups (broad SMARTS) is 1. The summed E-state index contributed by atoms with van der Waals surface area (Å²) >= 11 is 12.8. The highest BCUT2D eigenvalue weighted by molar-refractivity contribution is 6.39. The van der Waals surface area contributed by atoms with Gasteiger partial charge in [0.1, 0.15) is 17.3 Å². The van der Waals surface area contributed by atoms with E-state index in [9.17, 15) is 14.7 Å². The molecule has 2 fully saturated rings. The predicted molar refractivity (Wildman–Crippen MR) is 152 cm³/mol. The molecule has 2 atom stereocenters. The minimum atomic E-state index is -1.19. The van der Waals surface area contributed by atoms with Crippen LogP contribution in [0.1, 0.15) is 46.0 Å². The first-order valence-corrected chi connectivity index (χ1v) is 14.1. The van der Waals surface area contributed by atoms with Crippen LogP contribution in [0.4, 0.5) is 10.1 Å². The first-order chi connectivity index (χ1) is 19.8. The predicted octanol–water partition coefficient (Wildman–Crippen LogP) is 6.26. The Morgan fingerprint density at radius 3 is 2.44 bits per heavy atom. The van der Waals surface area contributed by atoms with E-state index in [0.29, 0.717) is 48.1 Å². The van der Waals surface area contributed by atoms with Crippen LogP contribution < -0.4 is 14.4 Å². The summed E-state index contributed by atoms with van der Waals surface area (Å²) in [6, 6.07) is 11.1. The molecule has 2 saturated heterocycles. The number of benzene rings is 3. The minimum absolute atomic E-state index is 0.0342. The Bertz CT molecular complexity index is 1510. The number of carbonyl (C=O) groups is 2. The monoisotopic (exact) mass is 600 g/mol. The SMILES string of the molecule is CCOc1cc(Cl)c(C(=O)N2COc3c(cccc3-c3cc(N4C5CCC4COC5)c(C(=O)O)cc3F)C2)c(Cl)c1. The van der Waals surface area contributed by atoms with Crippen LogP contribution in [-0.2, 0) is 11.3 Å². The molecule has 11 heteroatoms. The van der Waals surface area contributed by atoms with Gasteiger partial charge in [-0.25, -0.2) is 9.18 Å². The molecule has 8 nitrogen and oxygen atoms in total. The van der Waals surface area contributed by atoms with Crippen LogP contribution in [0, 0.1) is 5.82 Å². The Labute approximate surface area is 246 Å². The maximum Gasteiger partial charge on any atom is 0.337 e. The average Bonchev–Trinajstić information content (AvgIpc) is 3.19. The van der Waals surface area contributed by atoms with E-state index in [0.717, 1.165) is 18.9 Å². The molecule has 3 aliphatic heterocycles. The zero-order valence-electron chi connectivity index (χ0n) is 22.2. The summed E-state index contributed by atoms with van der Waals surface area (Å²) in [5.74, 6) is -1.39. The third-order valence-corrected chi connectivity index (χ3v) is 8.37. The molecular weight excluding hydrogens is 574 g/mol. The van der Waals surface area contributed by atoms with Crippen molar-refractivity contribution in [2.45, 2.75) is 38.4 Å². The van der Waals surface area contributed by atoms with E-state index in [4.69, 9.17) is 37.4 Å². The molecule has 1 amide bonds. The fourth-order valence-electron chi connectivity index (χ4n) is 5.95. The number of aromatic carboxylic acids is 1. The van der Waals surface area contributed by atoms with Crippen LogP contribution in [0.25, 0.3) is 11.1 Å². The van der Waals surface area contributed by atoms with Crippen molar-refractivity contribution in [1.29, 1.82) is 0 Å². The molecule has 3 aliphatic rings. The van der Waals surface area contributed by atoms with Gasteiger partial charge in [-0.15, -0.1) is 0 Å². The van der Waals surface area contributed by atoms with Gasteiger partial charge in [0.05, 0.1) is 65.3 Å². The number of para-hydroxylation sites is 1. The second-order valence-electron chi connectivity index (χ2n) is 10.2. The van der Waals surface area contributed by atoms with Gasteiger partial charge in [0.25, 0.3) is 5.91 Å². The Kier molecular flexibility index (Phi) is 7.44. The van der Waals surface area contributed by atoms with Crippen LogP contribution >= 0.6 is 23.2 Å². The topological polar surface area (TPSA) is 88.5 Å². The van der Waals surface area contributed by atoms with Gasteiger partial charge in [0.15, 0.2) is 6.73 Å². The number of hydrogen-bond acceptors (Lipinski definition) is 6. The molecule has 0 spiro atoms. The molecule has 3 aromatic rings. The Balaban J connectivity index is 1.34. The van der Waals surface area contributed by atoms with Crippen LogP contribution in [-0.4, -0.2) is 60.5 Å². The van der Waals surface area contributed by atoms with Gasteiger partial charge in [0.2, 0.25) is 0 Å². The van der Waals surface area contributed by atoms with E-state index in [1.807, 2.05) is 6.92 Å². The van der Waals surface area contributed by atoms with Crippen LogP contribution in [0.5, 0.6) is 11.5 Å². The van der Waals surface area contributed by atoms with Gasteiger partial charge >= 0.3 is 5.97 Å². The molecule has 0 aliphatic carbocycles. The highest BCUT2D eigenvalue weighted by Crippen LogP contribution is 2.43. The van der Waals surface area contributed by atoms with Crippen molar-refractivity contribution >= 4 is 40.8 Å². The molecule has 2 bridgehead atoms. The normalized spacial score (nSPS) is 19.5. The molecule has 0 saturated carbocycles. The molecule has 3 heterocycles. The van der Waals surface area contributed by atoms with Crippen molar-refractivity contribution in [2.75, 3.05) is 31.5 Å². The number of anilines is 1. The van der Waals surface area contributed by atoms with E-state index in [1.165, 1.54) is 4.90 Å².